The molecule has 0 saturated heterocycles. The molecular formula is C14H18O3. The Morgan fingerprint density at radius 2 is 2.12 bits per heavy atom. The van der Waals surface area contributed by atoms with E-state index in [1.54, 1.807) is 0 Å². The number of ether oxygens (including phenoxy) is 1. The molecule has 0 aliphatic heterocycles. The van der Waals surface area contributed by atoms with Crippen LogP contribution in [0.4, 0.5) is 0 Å². The molecule has 1 aromatic carbocycles. The molecule has 1 N–H and O–H groups in total. The van der Waals surface area contributed by atoms with E-state index in [2.05, 4.69) is 0 Å². The average molecular weight is 234 g/mol. The van der Waals surface area contributed by atoms with E-state index < -0.39 is 11.6 Å². The highest BCUT2D eigenvalue weighted by atomic mass is 16.5. The molecule has 0 heterocycles. The van der Waals surface area contributed by atoms with Gasteiger partial charge in [0.25, 0.3) is 0 Å². The molecule has 17 heavy (non-hydrogen) atoms. The molecular weight excluding hydrogens is 216 g/mol. The molecule has 0 aromatic heterocycles. The van der Waals surface area contributed by atoms with Gasteiger partial charge in [-0.2, -0.15) is 0 Å². The summed E-state index contributed by atoms with van der Waals surface area (Å²) in [6.45, 7) is 3.75. The molecule has 3 nitrogen and oxygen atoms in total. The molecule has 0 saturated carbocycles. The molecule has 92 valence electrons. The van der Waals surface area contributed by atoms with Crippen molar-refractivity contribution in [3.63, 3.8) is 0 Å². The maximum atomic E-state index is 11.6. The normalized spacial score (nSPS) is 23.5. The van der Waals surface area contributed by atoms with E-state index in [0.717, 1.165) is 24.0 Å². The molecule has 3 heteroatoms. The number of rotatable bonds is 3. The van der Waals surface area contributed by atoms with Crippen molar-refractivity contribution in [1.82, 2.24) is 0 Å². The lowest BCUT2D eigenvalue weighted by Crippen LogP contribution is -2.43. The monoisotopic (exact) mass is 234 g/mol. The lowest BCUT2D eigenvalue weighted by Gasteiger charge is -2.36. The second-order valence-electron chi connectivity index (χ2n) is 4.81. The molecule has 2 rings (SSSR count). The van der Waals surface area contributed by atoms with Gasteiger partial charge in [0.05, 0.1) is 6.10 Å². The van der Waals surface area contributed by atoms with Crippen LogP contribution in [0.1, 0.15) is 37.8 Å². The third-order valence-electron chi connectivity index (χ3n) is 3.21. The second kappa shape index (κ2) is 4.49. The van der Waals surface area contributed by atoms with Crippen LogP contribution < -0.4 is 0 Å². The van der Waals surface area contributed by atoms with Crippen LogP contribution in [-0.4, -0.2) is 17.2 Å². The molecule has 0 amide bonds. The quantitative estimate of drug-likeness (QED) is 0.874. The Hall–Kier alpha value is -1.35. The van der Waals surface area contributed by atoms with Crippen LogP contribution in [0.2, 0.25) is 0 Å². The number of aryl methyl sites for hydroxylation is 1. The summed E-state index contributed by atoms with van der Waals surface area (Å²) in [6.07, 6.45) is 2.25. The minimum atomic E-state index is -1.15. The van der Waals surface area contributed by atoms with Gasteiger partial charge in [-0.05, 0) is 44.2 Å². The van der Waals surface area contributed by atoms with E-state index in [4.69, 9.17) is 4.74 Å². The molecule has 0 bridgehead atoms. The zero-order chi connectivity index (χ0) is 12.5. The Kier molecular flexibility index (Phi) is 3.20. The number of fused-ring (bicyclic) bond motifs is 1. The van der Waals surface area contributed by atoms with Gasteiger partial charge in [-0.1, -0.05) is 24.3 Å². The van der Waals surface area contributed by atoms with Gasteiger partial charge in [-0.25, -0.2) is 4.79 Å². The molecule has 1 aliphatic carbocycles. The van der Waals surface area contributed by atoms with Gasteiger partial charge < -0.3 is 9.84 Å². The lowest BCUT2D eigenvalue weighted by atomic mass is 9.79. The van der Waals surface area contributed by atoms with Crippen molar-refractivity contribution in [2.75, 3.05) is 0 Å². The van der Waals surface area contributed by atoms with Gasteiger partial charge in [0, 0.05) is 0 Å². The van der Waals surface area contributed by atoms with E-state index in [1.165, 1.54) is 0 Å². The maximum absolute atomic E-state index is 11.6. The summed E-state index contributed by atoms with van der Waals surface area (Å²) in [6, 6.07) is 7.71. The fourth-order valence-electron chi connectivity index (χ4n) is 2.59. The molecule has 0 fully saturated rings. The van der Waals surface area contributed by atoms with Gasteiger partial charge in [-0.3, -0.25) is 0 Å². The van der Waals surface area contributed by atoms with Gasteiger partial charge in [-0.15, -0.1) is 0 Å². The zero-order valence-corrected chi connectivity index (χ0v) is 10.3. The predicted molar refractivity (Wildman–Crippen MR) is 64.9 cm³/mol. The zero-order valence-electron chi connectivity index (χ0n) is 10.3. The number of carbonyl (C=O) groups is 1. The van der Waals surface area contributed by atoms with Gasteiger partial charge in [0.2, 0.25) is 0 Å². The number of hydrogen-bond donors (Lipinski definition) is 1. The van der Waals surface area contributed by atoms with Crippen molar-refractivity contribution < 1.29 is 14.6 Å². The van der Waals surface area contributed by atoms with Crippen LogP contribution in [-0.2, 0) is 21.6 Å². The molecule has 0 spiro atoms. The summed E-state index contributed by atoms with van der Waals surface area (Å²) in [5.74, 6) is -0.877. The van der Waals surface area contributed by atoms with Gasteiger partial charge >= 0.3 is 5.97 Å². The van der Waals surface area contributed by atoms with Crippen molar-refractivity contribution in [2.45, 2.75) is 44.8 Å². The maximum Gasteiger partial charge on any atom is 0.340 e. The highest BCUT2D eigenvalue weighted by molar-refractivity contribution is 5.80. The van der Waals surface area contributed by atoms with Gasteiger partial charge in [0.1, 0.15) is 0 Å². The Labute approximate surface area is 101 Å². The summed E-state index contributed by atoms with van der Waals surface area (Å²) in [7, 11) is 0. The first-order valence-electron chi connectivity index (χ1n) is 6.06. The number of aliphatic carboxylic acids is 1. The smallest absolute Gasteiger partial charge is 0.340 e. The van der Waals surface area contributed by atoms with Crippen molar-refractivity contribution in [3.8, 4) is 0 Å². The summed E-state index contributed by atoms with van der Waals surface area (Å²) in [5, 5.41) is 9.56. The van der Waals surface area contributed by atoms with E-state index in [-0.39, 0.29) is 6.10 Å². The van der Waals surface area contributed by atoms with Crippen molar-refractivity contribution in [2.24, 2.45) is 0 Å². The molecule has 0 radical (unpaired) electrons. The Morgan fingerprint density at radius 3 is 2.76 bits per heavy atom. The van der Waals surface area contributed by atoms with Crippen LogP contribution in [0.25, 0.3) is 0 Å². The first-order chi connectivity index (χ1) is 8.06. The summed E-state index contributed by atoms with van der Waals surface area (Å²) in [5.41, 5.74) is 0.775. The van der Waals surface area contributed by atoms with Crippen LogP contribution in [0, 0.1) is 0 Å². The van der Waals surface area contributed by atoms with Crippen molar-refractivity contribution in [1.29, 1.82) is 0 Å². The highest BCUT2D eigenvalue weighted by Gasteiger charge is 2.45. The second-order valence-corrected chi connectivity index (χ2v) is 4.81. The highest BCUT2D eigenvalue weighted by Crippen LogP contribution is 2.39. The van der Waals surface area contributed by atoms with E-state index in [1.807, 2.05) is 38.1 Å². The molecule has 1 atom stereocenters. The predicted octanol–water partition coefficient (Wildman–Crippen LogP) is 2.73. The Morgan fingerprint density at radius 1 is 1.41 bits per heavy atom. The molecule has 1 aliphatic rings. The SMILES string of the molecule is CC(C)OC1(C(=O)O)CCCc2ccccc21. The fourth-order valence-corrected chi connectivity index (χ4v) is 2.59. The molecule has 1 aromatic rings. The number of carboxylic acid groups (broad SMARTS) is 1. The average Bonchev–Trinajstić information content (AvgIpc) is 2.28. The largest absolute Gasteiger partial charge is 0.479 e. The van der Waals surface area contributed by atoms with E-state index in [9.17, 15) is 9.90 Å². The Bertz CT molecular complexity index is 425. The minimum absolute atomic E-state index is 0.0998. The fraction of sp³-hybridized carbons (Fsp3) is 0.500. The first-order valence-corrected chi connectivity index (χ1v) is 6.06. The van der Waals surface area contributed by atoms with Crippen LogP contribution in [0.5, 0.6) is 0 Å². The summed E-state index contributed by atoms with van der Waals surface area (Å²) < 4.78 is 5.77. The topological polar surface area (TPSA) is 46.5 Å². The number of carboxylic acids is 1. The lowest BCUT2D eigenvalue weighted by molar-refractivity contribution is -0.176. The van der Waals surface area contributed by atoms with Crippen molar-refractivity contribution >= 4 is 5.97 Å². The van der Waals surface area contributed by atoms with Crippen LogP contribution >= 0.6 is 0 Å². The molecule has 1 unspecified atom stereocenters. The van der Waals surface area contributed by atoms with Crippen molar-refractivity contribution in [3.05, 3.63) is 35.4 Å². The van der Waals surface area contributed by atoms with E-state index in [0.29, 0.717) is 6.42 Å². The van der Waals surface area contributed by atoms with E-state index >= 15 is 0 Å². The first kappa shape index (κ1) is 12.1. The third kappa shape index (κ3) is 2.07. The summed E-state index contributed by atoms with van der Waals surface area (Å²) in [4.78, 5) is 11.6. The number of benzene rings is 1. The van der Waals surface area contributed by atoms with Crippen LogP contribution in [0.15, 0.2) is 24.3 Å². The standard InChI is InChI=1S/C14H18O3/c1-10(2)17-14(13(15)16)9-5-7-11-6-3-4-8-12(11)14/h3-4,6,8,10H,5,7,9H2,1-2H3,(H,15,16). The Balaban J connectivity index is 2.51. The van der Waals surface area contributed by atoms with Crippen LogP contribution in [0.3, 0.4) is 0 Å². The number of hydrogen-bond acceptors (Lipinski definition) is 2. The third-order valence-corrected chi connectivity index (χ3v) is 3.21. The summed E-state index contributed by atoms with van der Waals surface area (Å²) >= 11 is 0. The van der Waals surface area contributed by atoms with Gasteiger partial charge in [0.15, 0.2) is 5.60 Å². The minimum Gasteiger partial charge on any atom is -0.479 e.